The van der Waals surface area contributed by atoms with Crippen LogP contribution in [0.15, 0.2) is 12.1 Å². The van der Waals surface area contributed by atoms with Gasteiger partial charge in [-0.15, -0.1) is 0 Å². The molecule has 0 aliphatic heterocycles. The fraction of sp³-hybridized carbons (Fsp3) is 0.455. The third-order valence-corrected chi connectivity index (χ3v) is 3.23. The Morgan fingerprint density at radius 1 is 1.28 bits per heavy atom. The summed E-state index contributed by atoms with van der Waals surface area (Å²) in [6.07, 6.45) is 1.26. The molecule has 0 heterocycles. The van der Waals surface area contributed by atoms with Gasteiger partial charge in [-0.05, 0) is 24.1 Å². The highest BCUT2D eigenvalue weighted by Crippen LogP contribution is 2.23. The quantitative estimate of drug-likeness (QED) is 0.795. The summed E-state index contributed by atoms with van der Waals surface area (Å²) in [6.45, 7) is -0.0366. The number of rotatable bonds is 6. The molecular weight excluding hydrogens is 264 g/mol. The Bertz CT molecular complexity index is 494. The molecule has 2 N–H and O–H groups in total. The van der Waals surface area contributed by atoms with Crippen molar-refractivity contribution in [2.75, 3.05) is 18.6 Å². The maximum Gasteiger partial charge on any atom is 0.190 e. The van der Waals surface area contributed by atoms with Gasteiger partial charge in [0.15, 0.2) is 17.4 Å². The highest BCUT2D eigenvalue weighted by atomic mass is 32.2. The Morgan fingerprint density at radius 3 is 2.28 bits per heavy atom. The van der Waals surface area contributed by atoms with Crippen LogP contribution in [0.5, 0.6) is 5.75 Å². The molecule has 102 valence electrons. The molecule has 7 heteroatoms. The van der Waals surface area contributed by atoms with Crippen molar-refractivity contribution in [1.29, 1.82) is 0 Å². The molecular formula is C11H15F2NO3S. The summed E-state index contributed by atoms with van der Waals surface area (Å²) in [5, 5.41) is 0. The van der Waals surface area contributed by atoms with E-state index in [-0.39, 0.29) is 25.3 Å². The summed E-state index contributed by atoms with van der Waals surface area (Å²) < 4.78 is 53.4. The van der Waals surface area contributed by atoms with E-state index < -0.39 is 27.2 Å². The lowest BCUT2D eigenvalue weighted by atomic mass is 10.2. The summed E-state index contributed by atoms with van der Waals surface area (Å²) in [7, 11) is -3.09. The van der Waals surface area contributed by atoms with E-state index in [1.54, 1.807) is 0 Å². The molecule has 1 aromatic carbocycles. The van der Waals surface area contributed by atoms with Gasteiger partial charge in [-0.25, -0.2) is 17.2 Å². The molecule has 1 aromatic rings. The maximum absolute atomic E-state index is 13.4. The van der Waals surface area contributed by atoms with E-state index in [1.165, 1.54) is 0 Å². The predicted octanol–water partition coefficient (Wildman–Crippen LogP) is 1.24. The molecule has 0 aromatic heterocycles. The lowest BCUT2D eigenvalue weighted by molar-refractivity contribution is 0.285. The van der Waals surface area contributed by atoms with Gasteiger partial charge in [0.05, 0.1) is 12.4 Å². The standard InChI is InChI=1S/C11H15F2NO3S/c1-18(15,16)4-2-3-17-11-9(12)5-8(7-14)6-10(11)13/h5-6H,2-4,7,14H2,1H3. The molecule has 0 unspecified atom stereocenters. The van der Waals surface area contributed by atoms with Crippen LogP contribution in [0.1, 0.15) is 12.0 Å². The number of nitrogens with two attached hydrogens (primary N) is 1. The summed E-state index contributed by atoms with van der Waals surface area (Å²) in [5.41, 5.74) is 5.59. The zero-order valence-electron chi connectivity index (χ0n) is 9.95. The highest BCUT2D eigenvalue weighted by molar-refractivity contribution is 7.90. The van der Waals surface area contributed by atoms with E-state index in [0.717, 1.165) is 18.4 Å². The van der Waals surface area contributed by atoms with Crippen molar-refractivity contribution in [1.82, 2.24) is 0 Å². The van der Waals surface area contributed by atoms with Crippen molar-refractivity contribution in [3.05, 3.63) is 29.3 Å². The van der Waals surface area contributed by atoms with E-state index in [1.807, 2.05) is 0 Å². The van der Waals surface area contributed by atoms with Crippen LogP contribution < -0.4 is 10.5 Å². The first-order valence-corrected chi connectivity index (χ1v) is 7.38. The van der Waals surface area contributed by atoms with Crippen molar-refractivity contribution in [2.45, 2.75) is 13.0 Å². The number of halogens is 2. The van der Waals surface area contributed by atoms with Crippen LogP contribution in [0.2, 0.25) is 0 Å². The molecule has 0 radical (unpaired) electrons. The Morgan fingerprint density at radius 2 is 1.83 bits per heavy atom. The largest absolute Gasteiger partial charge is 0.488 e. The Labute approximate surface area is 105 Å². The Balaban J connectivity index is 2.63. The van der Waals surface area contributed by atoms with Gasteiger partial charge in [-0.2, -0.15) is 0 Å². The third-order valence-electron chi connectivity index (χ3n) is 2.20. The molecule has 18 heavy (non-hydrogen) atoms. The minimum absolute atomic E-state index is 0.0300. The van der Waals surface area contributed by atoms with Crippen LogP contribution in [0, 0.1) is 11.6 Å². The van der Waals surface area contributed by atoms with Crippen molar-refractivity contribution in [2.24, 2.45) is 5.73 Å². The molecule has 1 rings (SSSR count). The monoisotopic (exact) mass is 279 g/mol. The summed E-state index contributed by atoms with van der Waals surface area (Å²) in [5.74, 6) is -2.26. The fourth-order valence-electron chi connectivity index (χ4n) is 1.36. The first-order valence-electron chi connectivity index (χ1n) is 5.32. The van der Waals surface area contributed by atoms with Gasteiger partial charge in [-0.3, -0.25) is 0 Å². The lowest BCUT2D eigenvalue weighted by Gasteiger charge is -2.09. The van der Waals surface area contributed by atoms with Crippen molar-refractivity contribution < 1.29 is 21.9 Å². The number of hydrogen-bond donors (Lipinski definition) is 1. The fourth-order valence-corrected chi connectivity index (χ4v) is 2.01. The van der Waals surface area contributed by atoms with Crippen LogP contribution in [-0.4, -0.2) is 27.0 Å². The van der Waals surface area contributed by atoms with Crippen molar-refractivity contribution in [3.8, 4) is 5.75 Å². The number of sulfone groups is 1. The zero-order chi connectivity index (χ0) is 13.8. The smallest absolute Gasteiger partial charge is 0.190 e. The third kappa shape index (κ3) is 4.58. The van der Waals surface area contributed by atoms with Crippen LogP contribution in [0.3, 0.4) is 0 Å². The summed E-state index contributed by atoms with van der Waals surface area (Å²) in [6, 6.07) is 2.18. The normalized spacial score (nSPS) is 11.6. The Kier molecular flexibility index (Phi) is 5.03. The van der Waals surface area contributed by atoms with Gasteiger partial charge < -0.3 is 10.5 Å². The topological polar surface area (TPSA) is 69.4 Å². The van der Waals surface area contributed by atoms with E-state index in [2.05, 4.69) is 0 Å². The summed E-state index contributed by atoms with van der Waals surface area (Å²) in [4.78, 5) is 0. The minimum atomic E-state index is -3.09. The molecule has 0 aliphatic carbocycles. The van der Waals surface area contributed by atoms with Gasteiger partial charge in [0.1, 0.15) is 9.84 Å². The van der Waals surface area contributed by atoms with E-state index in [0.29, 0.717) is 5.56 Å². The number of benzene rings is 1. The first kappa shape index (κ1) is 14.8. The average Bonchev–Trinajstić information content (AvgIpc) is 2.25. The van der Waals surface area contributed by atoms with Crippen LogP contribution in [-0.2, 0) is 16.4 Å². The number of hydrogen-bond acceptors (Lipinski definition) is 4. The van der Waals surface area contributed by atoms with Crippen LogP contribution in [0.4, 0.5) is 8.78 Å². The molecule has 4 nitrogen and oxygen atoms in total. The van der Waals surface area contributed by atoms with Gasteiger partial charge >= 0.3 is 0 Å². The molecule has 0 spiro atoms. The second-order valence-corrected chi connectivity index (χ2v) is 6.18. The molecule has 0 fully saturated rings. The van der Waals surface area contributed by atoms with Gasteiger partial charge in [0.25, 0.3) is 0 Å². The van der Waals surface area contributed by atoms with Crippen molar-refractivity contribution in [3.63, 3.8) is 0 Å². The Hall–Kier alpha value is -1.21. The van der Waals surface area contributed by atoms with Gasteiger partial charge in [0.2, 0.25) is 0 Å². The average molecular weight is 279 g/mol. The van der Waals surface area contributed by atoms with Crippen molar-refractivity contribution >= 4 is 9.84 Å². The highest BCUT2D eigenvalue weighted by Gasteiger charge is 2.12. The second-order valence-electron chi connectivity index (χ2n) is 3.92. The SMILES string of the molecule is CS(=O)(=O)CCCOc1c(F)cc(CN)cc1F. The second kappa shape index (κ2) is 6.10. The van der Waals surface area contributed by atoms with E-state index >= 15 is 0 Å². The molecule has 0 aliphatic rings. The summed E-state index contributed by atoms with van der Waals surface area (Å²) >= 11 is 0. The number of ether oxygens (including phenoxy) is 1. The lowest BCUT2D eigenvalue weighted by Crippen LogP contribution is -2.09. The molecule has 0 saturated heterocycles. The predicted molar refractivity (Wildman–Crippen MR) is 64.1 cm³/mol. The maximum atomic E-state index is 13.4. The molecule has 0 bridgehead atoms. The van der Waals surface area contributed by atoms with Crippen LogP contribution >= 0.6 is 0 Å². The first-order chi connectivity index (χ1) is 8.33. The van der Waals surface area contributed by atoms with Gasteiger partial charge in [-0.1, -0.05) is 0 Å². The minimum Gasteiger partial charge on any atom is -0.488 e. The van der Waals surface area contributed by atoms with E-state index in [9.17, 15) is 17.2 Å². The zero-order valence-corrected chi connectivity index (χ0v) is 10.8. The molecule has 0 saturated carbocycles. The van der Waals surface area contributed by atoms with Gasteiger partial charge in [0, 0.05) is 12.8 Å². The van der Waals surface area contributed by atoms with Crippen LogP contribution in [0.25, 0.3) is 0 Å². The molecule has 0 atom stereocenters. The van der Waals surface area contributed by atoms with E-state index in [4.69, 9.17) is 10.5 Å². The molecule has 0 amide bonds.